The number of hydrogen-bond acceptors (Lipinski definition) is 2. The molecule has 3 heteroatoms. The summed E-state index contributed by atoms with van der Waals surface area (Å²) in [6, 6.07) is 0. The van der Waals surface area contributed by atoms with E-state index in [2.05, 4.69) is 22.9 Å². The molecule has 1 rings (SSSR count). The average Bonchev–Trinajstić information content (AvgIpc) is 1.69. The molecular formula is C4H4INS. The zero-order chi connectivity index (χ0) is 5.11. The summed E-state index contributed by atoms with van der Waals surface area (Å²) in [5.74, 6) is 0. The smallest absolute Gasteiger partial charge is 0.0634 e. The fourth-order valence-corrected chi connectivity index (χ4v) is 1.53. The van der Waals surface area contributed by atoms with Crippen LogP contribution in [0.25, 0.3) is 0 Å². The molecule has 1 nitrogen and oxygen atoms in total. The molecule has 1 heterocycles. The van der Waals surface area contributed by atoms with Gasteiger partial charge in [-0.3, -0.25) is 3.11 Å². The van der Waals surface area contributed by atoms with Gasteiger partial charge in [0, 0.05) is 12.4 Å². The van der Waals surface area contributed by atoms with E-state index in [1.165, 1.54) is 0 Å². The monoisotopic (exact) mass is 225 g/mol. The minimum absolute atomic E-state index is 1.69. The zero-order valence-electron chi connectivity index (χ0n) is 3.54. The van der Waals surface area contributed by atoms with E-state index in [0.717, 1.165) is 0 Å². The molecule has 0 atom stereocenters. The van der Waals surface area contributed by atoms with E-state index in [0.29, 0.717) is 0 Å². The highest BCUT2D eigenvalue weighted by atomic mass is 127. The summed E-state index contributed by atoms with van der Waals surface area (Å²) in [7, 11) is 0. The van der Waals surface area contributed by atoms with Gasteiger partial charge in [-0.15, -0.1) is 11.8 Å². The third-order valence-electron chi connectivity index (χ3n) is 0.564. The van der Waals surface area contributed by atoms with E-state index in [1.54, 1.807) is 11.8 Å². The molecule has 0 N–H and O–H groups in total. The van der Waals surface area contributed by atoms with Crippen molar-refractivity contribution in [3.05, 3.63) is 23.2 Å². The van der Waals surface area contributed by atoms with Crippen molar-refractivity contribution in [2.75, 3.05) is 0 Å². The first kappa shape index (κ1) is 5.50. The number of halogens is 1. The number of thioether (sulfide) groups is 1. The van der Waals surface area contributed by atoms with Crippen molar-refractivity contribution in [1.29, 1.82) is 0 Å². The lowest BCUT2D eigenvalue weighted by Crippen LogP contribution is -1.89. The third kappa shape index (κ3) is 1.73. The van der Waals surface area contributed by atoms with Crippen LogP contribution in [-0.4, -0.2) is 3.11 Å². The summed E-state index contributed by atoms with van der Waals surface area (Å²) in [5.41, 5.74) is 0. The normalized spacial score (nSPS) is 18.1. The Morgan fingerprint density at radius 1 is 1.29 bits per heavy atom. The van der Waals surface area contributed by atoms with Crippen molar-refractivity contribution in [2.24, 2.45) is 0 Å². The quantitative estimate of drug-likeness (QED) is 0.459. The van der Waals surface area contributed by atoms with E-state index in [1.807, 2.05) is 26.3 Å². The maximum absolute atomic E-state index is 2.20. The van der Waals surface area contributed by atoms with Crippen LogP contribution in [0.15, 0.2) is 23.2 Å². The van der Waals surface area contributed by atoms with Crippen LogP contribution in [0.3, 0.4) is 0 Å². The summed E-state index contributed by atoms with van der Waals surface area (Å²) < 4.78 is 1.98. The maximum atomic E-state index is 2.20. The second kappa shape index (κ2) is 2.61. The maximum Gasteiger partial charge on any atom is 0.0634 e. The highest BCUT2D eigenvalue weighted by Gasteiger charge is 1.86. The van der Waals surface area contributed by atoms with Crippen LogP contribution >= 0.6 is 34.6 Å². The summed E-state index contributed by atoms with van der Waals surface area (Å²) in [6.45, 7) is 0. The van der Waals surface area contributed by atoms with E-state index in [9.17, 15) is 0 Å². The minimum atomic E-state index is 1.69. The Balaban J connectivity index is 2.49. The van der Waals surface area contributed by atoms with Gasteiger partial charge >= 0.3 is 0 Å². The lowest BCUT2D eigenvalue weighted by atomic mass is 10.9. The van der Waals surface area contributed by atoms with Gasteiger partial charge in [-0.05, 0) is 10.8 Å². The second-order valence-corrected chi connectivity index (χ2v) is 2.98. The molecule has 0 aromatic carbocycles. The molecule has 0 radical (unpaired) electrons. The zero-order valence-corrected chi connectivity index (χ0v) is 6.52. The van der Waals surface area contributed by atoms with Gasteiger partial charge in [0.05, 0.1) is 22.9 Å². The summed E-state index contributed by atoms with van der Waals surface area (Å²) in [4.78, 5) is 0. The summed E-state index contributed by atoms with van der Waals surface area (Å²) >= 11 is 3.89. The van der Waals surface area contributed by atoms with Crippen LogP contribution in [0.1, 0.15) is 0 Å². The van der Waals surface area contributed by atoms with Crippen LogP contribution in [-0.2, 0) is 0 Å². The van der Waals surface area contributed by atoms with E-state index in [4.69, 9.17) is 0 Å². The Bertz CT molecular complexity index is 98.3. The molecule has 0 saturated carbocycles. The Morgan fingerprint density at radius 3 is 2.14 bits per heavy atom. The first-order valence-electron chi connectivity index (χ1n) is 1.82. The molecule has 0 aromatic heterocycles. The van der Waals surface area contributed by atoms with Crippen LogP contribution in [0.4, 0.5) is 0 Å². The van der Waals surface area contributed by atoms with Crippen molar-refractivity contribution in [2.45, 2.75) is 0 Å². The van der Waals surface area contributed by atoms with Gasteiger partial charge in [0.25, 0.3) is 0 Å². The highest BCUT2D eigenvalue weighted by Crippen LogP contribution is 2.14. The van der Waals surface area contributed by atoms with Crippen LogP contribution in [0.5, 0.6) is 0 Å². The van der Waals surface area contributed by atoms with Crippen molar-refractivity contribution in [3.8, 4) is 0 Å². The van der Waals surface area contributed by atoms with Gasteiger partial charge in [-0.1, -0.05) is 0 Å². The Labute approximate surface area is 61.0 Å². The fourth-order valence-electron chi connectivity index (χ4n) is 0.282. The van der Waals surface area contributed by atoms with Crippen molar-refractivity contribution >= 4 is 34.6 Å². The predicted molar refractivity (Wildman–Crippen MR) is 41.7 cm³/mol. The van der Waals surface area contributed by atoms with E-state index >= 15 is 0 Å². The first-order valence-corrected chi connectivity index (χ1v) is 3.73. The standard InChI is InChI=1S/C4H4INS/c5-6-1-3-7-4-2-6/h1-4H. The van der Waals surface area contributed by atoms with Crippen LogP contribution < -0.4 is 0 Å². The van der Waals surface area contributed by atoms with Gasteiger partial charge in [-0.2, -0.15) is 0 Å². The largest absolute Gasteiger partial charge is 0.296 e. The molecule has 0 fully saturated rings. The molecule has 0 bridgehead atoms. The SMILES string of the molecule is IN1C=CSC=C1. The van der Waals surface area contributed by atoms with Gasteiger partial charge in [0.2, 0.25) is 0 Å². The molecule has 0 aromatic rings. The number of hydrogen-bond donors (Lipinski definition) is 0. The lowest BCUT2D eigenvalue weighted by molar-refractivity contribution is 0.921. The highest BCUT2D eigenvalue weighted by molar-refractivity contribution is 14.1. The molecular weight excluding hydrogens is 221 g/mol. The molecule has 0 unspecified atom stereocenters. The van der Waals surface area contributed by atoms with Gasteiger partial charge in [-0.25, -0.2) is 0 Å². The molecule has 7 heavy (non-hydrogen) atoms. The molecule has 0 amide bonds. The van der Waals surface area contributed by atoms with E-state index < -0.39 is 0 Å². The van der Waals surface area contributed by atoms with Crippen LogP contribution in [0, 0.1) is 0 Å². The van der Waals surface area contributed by atoms with E-state index in [-0.39, 0.29) is 0 Å². The first-order chi connectivity index (χ1) is 3.39. The minimum Gasteiger partial charge on any atom is -0.296 e. The molecule has 0 aliphatic carbocycles. The molecule has 1 aliphatic heterocycles. The Morgan fingerprint density at radius 2 is 1.86 bits per heavy atom. The predicted octanol–water partition coefficient (Wildman–Crippen LogP) is 2.33. The molecule has 38 valence electrons. The fraction of sp³-hybridized carbons (Fsp3) is 0. The molecule has 0 spiro atoms. The summed E-state index contributed by atoms with van der Waals surface area (Å²) in [6.07, 6.45) is 4.01. The Hall–Kier alpha value is 0.360. The van der Waals surface area contributed by atoms with Crippen molar-refractivity contribution < 1.29 is 0 Å². The number of rotatable bonds is 0. The average molecular weight is 225 g/mol. The second-order valence-electron chi connectivity index (χ2n) is 1.05. The molecule has 0 saturated heterocycles. The van der Waals surface area contributed by atoms with Crippen molar-refractivity contribution in [1.82, 2.24) is 3.11 Å². The van der Waals surface area contributed by atoms with Crippen molar-refractivity contribution in [3.63, 3.8) is 0 Å². The van der Waals surface area contributed by atoms with Crippen LogP contribution in [0.2, 0.25) is 0 Å². The Kier molecular flexibility index (Phi) is 2.05. The topological polar surface area (TPSA) is 3.24 Å². The number of nitrogens with zero attached hydrogens (tertiary/aromatic N) is 1. The summed E-state index contributed by atoms with van der Waals surface area (Å²) in [5, 5.41) is 4.07. The van der Waals surface area contributed by atoms with Gasteiger partial charge < -0.3 is 0 Å². The van der Waals surface area contributed by atoms with Gasteiger partial charge in [0.15, 0.2) is 0 Å². The third-order valence-corrected chi connectivity index (χ3v) is 1.76. The van der Waals surface area contributed by atoms with Gasteiger partial charge in [0.1, 0.15) is 0 Å². The molecule has 1 aliphatic rings. The lowest BCUT2D eigenvalue weighted by Gasteiger charge is -2.04.